The van der Waals surface area contributed by atoms with E-state index in [4.69, 9.17) is 17.3 Å². The molecule has 0 saturated carbocycles. The van der Waals surface area contributed by atoms with Crippen LogP contribution in [0.1, 0.15) is 21.6 Å². The summed E-state index contributed by atoms with van der Waals surface area (Å²) in [6, 6.07) is 11.3. The Hall–Kier alpha value is -4.44. The van der Waals surface area contributed by atoms with Crippen LogP contribution in [-0.4, -0.2) is 40.2 Å². The number of nitrogen functional groups attached to an aromatic ring is 1. The van der Waals surface area contributed by atoms with Gasteiger partial charge < -0.3 is 20.6 Å². The number of hydrogen-bond donors (Lipinski definition) is 3. The maximum Gasteiger partial charge on any atom is 0.251 e. The van der Waals surface area contributed by atoms with Crippen LogP contribution in [0.4, 0.5) is 5.82 Å². The van der Waals surface area contributed by atoms with Gasteiger partial charge in [-0.1, -0.05) is 11.6 Å². The second-order valence-corrected chi connectivity index (χ2v) is 8.79. The van der Waals surface area contributed by atoms with Gasteiger partial charge in [0.15, 0.2) is 11.5 Å². The second kappa shape index (κ2) is 8.10. The maximum atomic E-state index is 12.8. The number of amides is 1. The van der Waals surface area contributed by atoms with E-state index in [1.165, 1.54) is 6.33 Å². The number of nitrogens with zero attached hydrogens (tertiary/aromatic N) is 6. The zero-order valence-electron chi connectivity index (χ0n) is 18.7. The monoisotopic (exact) mass is 485 g/mol. The Bertz CT molecular complexity index is 1750. The number of carbonyl (C=O) groups excluding carboxylic acids is 1. The van der Waals surface area contributed by atoms with Gasteiger partial charge in [0.05, 0.1) is 36.6 Å². The highest BCUT2D eigenvalue weighted by molar-refractivity contribution is 6.31. The van der Waals surface area contributed by atoms with Crippen molar-refractivity contribution in [2.24, 2.45) is 7.05 Å². The molecule has 4 N–H and O–H groups in total. The van der Waals surface area contributed by atoms with Gasteiger partial charge in [-0.25, -0.2) is 15.0 Å². The van der Waals surface area contributed by atoms with E-state index in [1.54, 1.807) is 23.3 Å². The molecular formula is C24H20ClN9O. The first-order valence-corrected chi connectivity index (χ1v) is 11.3. The predicted octanol–water partition coefficient (Wildman–Crippen LogP) is 3.41. The molecule has 1 amide bonds. The summed E-state index contributed by atoms with van der Waals surface area (Å²) in [6.45, 7) is 0.828. The van der Waals surface area contributed by atoms with Crippen LogP contribution >= 0.6 is 11.6 Å². The number of aromatic nitrogens is 7. The molecule has 174 valence electrons. The number of H-pyrrole nitrogens is 1. The number of halogens is 1. The molecule has 4 heterocycles. The fourth-order valence-electron chi connectivity index (χ4n) is 4.34. The van der Waals surface area contributed by atoms with E-state index in [0.717, 1.165) is 33.1 Å². The molecule has 6 aromatic rings. The molecule has 0 aliphatic heterocycles. The predicted molar refractivity (Wildman–Crippen MR) is 134 cm³/mol. The quantitative estimate of drug-likeness (QED) is 0.343. The van der Waals surface area contributed by atoms with E-state index in [1.807, 2.05) is 41.9 Å². The van der Waals surface area contributed by atoms with Crippen molar-refractivity contribution in [3.05, 3.63) is 77.1 Å². The lowest BCUT2D eigenvalue weighted by Gasteiger charge is -2.07. The molecule has 11 heteroatoms. The van der Waals surface area contributed by atoms with Crippen molar-refractivity contribution in [2.75, 3.05) is 5.73 Å². The van der Waals surface area contributed by atoms with E-state index in [9.17, 15) is 4.79 Å². The largest absolute Gasteiger partial charge is 0.382 e. The summed E-state index contributed by atoms with van der Waals surface area (Å²) in [5.74, 6) is 0.181. The summed E-state index contributed by atoms with van der Waals surface area (Å²) in [6.07, 6.45) is 4.86. The third-order valence-corrected chi connectivity index (χ3v) is 6.27. The number of anilines is 1. The minimum Gasteiger partial charge on any atom is -0.382 e. The molecule has 0 atom stereocenters. The summed E-state index contributed by atoms with van der Waals surface area (Å²) in [7, 11) is 1.87. The van der Waals surface area contributed by atoms with Crippen LogP contribution in [0.2, 0.25) is 5.02 Å². The van der Waals surface area contributed by atoms with Gasteiger partial charge in [-0.15, -0.1) is 0 Å². The highest BCUT2D eigenvalue weighted by Crippen LogP contribution is 2.27. The number of carbonyl (C=O) groups is 1. The third kappa shape index (κ3) is 3.73. The highest BCUT2D eigenvalue weighted by Gasteiger charge is 2.14. The summed E-state index contributed by atoms with van der Waals surface area (Å²) < 4.78 is 3.67. The minimum atomic E-state index is -0.158. The average molecular weight is 486 g/mol. The topological polar surface area (TPSA) is 132 Å². The van der Waals surface area contributed by atoms with E-state index >= 15 is 0 Å². The Morgan fingerprint density at radius 1 is 1.14 bits per heavy atom. The molecule has 4 aromatic heterocycles. The molecular weight excluding hydrogens is 466 g/mol. The van der Waals surface area contributed by atoms with Gasteiger partial charge in [-0.05, 0) is 42.0 Å². The second-order valence-electron chi connectivity index (χ2n) is 8.35. The number of nitrogens with two attached hydrogens (primary N) is 1. The van der Waals surface area contributed by atoms with Gasteiger partial charge in [-0.3, -0.25) is 9.48 Å². The van der Waals surface area contributed by atoms with E-state index in [-0.39, 0.29) is 5.91 Å². The number of fused-ring (bicyclic) bond motifs is 3. The van der Waals surface area contributed by atoms with Crippen molar-refractivity contribution in [3.8, 4) is 0 Å². The van der Waals surface area contributed by atoms with Crippen molar-refractivity contribution < 1.29 is 4.79 Å². The van der Waals surface area contributed by atoms with Crippen LogP contribution in [0.3, 0.4) is 0 Å². The van der Waals surface area contributed by atoms with Crippen molar-refractivity contribution in [1.82, 2.24) is 39.6 Å². The average Bonchev–Trinajstić information content (AvgIpc) is 3.55. The minimum absolute atomic E-state index is 0.158. The molecule has 0 radical (unpaired) electrons. The first-order chi connectivity index (χ1) is 17.0. The Labute approximate surface area is 203 Å². The van der Waals surface area contributed by atoms with E-state index in [2.05, 4.69) is 30.4 Å². The molecule has 0 spiro atoms. The zero-order valence-corrected chi connectivity index (χ0v) is 19.4. The number of aromatic amines is 1. The first kappa shape index (κ1) is 21.1. The number of nitrogens with one attached hydrogen (secondary N) is 2. The Morgan fingerprint density at radius 3 is 2.91 bits per heavy atom. The first-order valence-electron chi connectivity index (χ1n) is 10.9. The standard InChI is InChI=1S/C24H20ClN9O/c1-33-19-3-2-13(4-15(19)8-31-33)24(35)27-9-18-7-14-5-17(25)6-16(20(14)32-18)10-34-12-30-21-22(26)28-11-29-23(21)34/h2-8,11-12,32H,9-10H2,1H3,(H,27,35)(H2,26,28,29). The van der Waals surface area contributed by atoms with Gasteiger partial charge in [0, 0.05) is 34.1 Å². The lowest BCUT2D eigenvalue weighted by atomic mass is 10.1. The Balaban J connectivity index is 1.26. The molecule has 10 nitrogen and oxygen atoms in total. The van der Waals surface area contributed by atoms with Crippen LogP contribution in [-0.2, 0) is 20.1 Å². The van der Waals surface area contributed by atoms with Crippen LogP contribution in [0.25, 0.3) is 33.0 Å². The van der Waals surface area contributed by atoms with Gasteiger partial charge in [0.1, 0.15) is 11.8 Å². The zero-order chi connectivity index (χ0) is 24.1. The maximum absolute atomic E-state index is 12.8. The Morgan fingerprint density at radius 2 is 2.03 bits per heavy atom. The fraction of sp³-hybridized carbons (Fsp3) is 0.125. The van der Waals surface area contributed by atoms with Crippen LogP contribution in [0, 0.1) is 0 Å². The van der Waals surface area contributed by atoms with Gasteiger partial charge in [0.2, 0.25) is 0 Å². The highest BCUT2D eigenvalue weighted by atomic mass is 35.5. The van der Waals surface area contributed by atoms with Crippen molar-refractivity contribution >= 4 is 56.3 Å². The van der Waals surface area contributed by atoms with Crippen LogP contribution in [0.5, 0.6) is 0 Å². The van der Waals surface area contributed by atoms with Crippen LogP contribution < -0.4 is 11.1 Å². The van der Waals surface area contributed by atoms with Crippen LogP contribution in [0.15, 0.2) is 55.2 Å². The normalized spacial score (nSPS) is 11.6. The molecule has 0 fully saturated rings. The molecule has 35 heavy (non-hydrogen) atoms. The lowest BCUT2D eigenvalue weighted by molar-refractivity contribution is 0.0950. The number of benzene rings is 2. The molecule has 0 bridgehead atoms. The smallest absolute Gasteiger partial charge is 0.251 e. The van der Waals surface area contributed by atoms with E-state index in [0.29, 0.717) is 40.7 Å². The number of hydrogen-bond acceptors (Lipinski definition) is 6. The molecule has 0 aliphatic rings. The van der Waals surface area contributed by atoms with Gasteiger partial charge in [0.25, 0.3) is 5.91 Å². The molecule has 2 aromatic carbocycles. The van der Waals surface area contributed by atoms with Crippen molar-refractivity contribution in [2.45, 2.75) is 13.1 Å². The lowest BCUT2D eigenvalue weighted by Crippen LogP contribution is -2.22. The van der Waals surface area contributed by atoms with Gasteiger partial charge >= 0.3 is 0 Å². The summed E-state index contributed by atoms with van der Waals surface area (Å²) in [5, 5.41) is 9.70. The SMILES string of the molecule is Cn1ncc2cc(C(=O)NCc3cc4cc(Cl)cc(Cn5cnc6c(N)ncnc65)c4[nH]3)ccc21. The van der Waals surface area contributed by atoms with E-state index < -0.39 is 0 Å². The molecule has 0 aliphatic carbocycles. The van der Waals surface area contributed by atoms with Crippen molar-refractivity contribution in [3.63, 3.8) is 0 Å². The number of rotatable bonds is 5. The molecule has 6 rings (SSSR count). The summed E-state index contributed by atoms with van der Waals surface area (Å²) in [4.78, 5) is 28.8. The molecule has 0 unspecified atom stereocenters. The summed E-state index contributed by atoms with van der Waals surface area (Å²) >= 11 is 6.41. The van der Waals surface area contributed by atoms with Gasteiger partial charge in [-0.2, -0.15) is 5.10 Å². The molecule has 0 saturated heterocycles. The fourth-order valence-corrected chi connectivity index (χ4v) is 4.59. The number of aryl methyl sites for hydroxylation is 1. The number of imidazole rings is 1. The van der Waals surface area contributed by atoms with Crippen molar-refractivity contribution in [1.29, 1.82) is 0 Å². The summed E-state index contributed by atoms with van der Waals surface area (Å²) in [5.41, 5.74) is 11.4. The third-order valence-electron chi connectivity index (χ3n) is 6.05. The Kier molecular flexibility index (Phi) is 4.89.